The van der Waals surface area contributed by atoms with E-state index >= 15 is 0 Å². The lowest BCUT2D eigenvalue weighted by Gasteiger charge is -2.19. The van der Waals surface area contributed by atoms with E-state index in [1.807, 2.05) is 0 Å². The summed E-state index contributed by atoms with van der Waals surface area (Å²) >= 11 is 1.45. The zero-order valence-electron chi connectivity index (χ0n) is 10.7. The molecule has 0 fully saturated rings. The van der Waals surface area contributed by atoms with Gasteiger partial charge in [0.05, 0.1) is 17.2 Å². The standard InChI is InChI=1S/C12H20N2O2S/c1-4-6-14(7-5-2)12-13-10(9-16-3)11(8-15)17-12/h8H,4-7,9H2,1-3H3. The van der Waals surface area contributed by atoms with Crippen LogP contribution in [0.15, 0.2) is 0 Å². The van der Waals surface area contributed by atoms with E-state index in [-0.39, 0.29) is 0 Å². The van der Waals surface area contributed by atoms with Gasteiger partial charge in [-0.15, -0.1) is 0 Å². The summed E-state index contributed by atoms with van der Waals surface area (Å²) in [5, 5.41) is 0.933. The molecule has 1 aromatic rings. The van der Waals surface area contributed by atoms with Crippen molar-refractivity contribution in [3.05, 3.63) is 10.6 Å². The first-order chi connectivity index (χ1) is 8.26. The number of nitrogens with zero attached hydrogens (tertiary/aromatic N) is 2. The highest BCUT2D eigenvalue weighted by atomic mass is 32.1. The highest BCUT2D eigenvalue weighted by Gasteiger charge is 2.14. The summed E-state index contributed by atoms with van der Waals surface area (Å²) in [7, 11) is 1.61. The van der Waals surface area contributed by atoms with Gasteiger partial charge in [0.1, 0.15) is 0 Å². The van der Waals surface area contributed by atoms with Crippen molar-refractivity contribution in [3.8, 4) is 0 Å². The maximum atomic E-state index is 11.0. The monoisotopic (exact) mass is 256 g/mol. The molecule has 1 aromatic heterocycles. The van der Waals surface area contributed by atoms with Crippen LogP contribution in [0.25, 0.3) is 0 Å². The minimum absolute atomic E-state index is 0.399. The first-order valence-corrected chi connectivity index (χ1v) is 6.77. The fraction of sp³-hybridized carbons (Fsp3) is 0.667. The summed E-state index contributed by atoms with van der Waals surface area (Å²) in [6.07, 6.45) is 3.02. The molecule has 1 heterocycles. The highest BCUT2D eigenvalue weighted by Crippen LogP contribution is 2.26. The van der Waals surface area contributed by atoms with E-state index in [0.29, 0.717) is 11.5 Å². The van der Waals surface area contributed by atoms with E-state index < -0.39 is 0 Å². The molecule has 0 aliphatic rings. The fourth-order valence-electron chi connectivity index (χ4n) is 1.66. The van der Waals surface area contributed by atoms with E-state index in [1.165, 1.54) is 11.3 Å². The molecule has 96 valence electrons. The third kappa shape index (κ3) is 3.78. The largest absolute Gasteiger partial charge is 0.378 e. The SMILES string of the molecule is CCCN(CCC)c1nc(COC)c(C=O)s1. The van der Waals surface area contributed by atoms with Crippen molar-refractivity contribution in [2.75, 3.05) is 25.1 Å². The predicted octanol–water partition coefficient (Wildman–Crippen LogP) is 2.73. The zero-order chi connectivity index (χ0) is 12.7. The predicted molar refractivity (Wildman–Crippen MR) is 71.0 cm³/mol. The van der Waals surface area contributed by atoms with Crippen LogP contribution < -0.4 is 4.90 Å². The third-order valence-corrected chi connectivity index (χ3v) is 3.45. The number of rotatable bonds is 8. The zero-order valence-corrected chi connectivity index (χ0v) is 11.5. The van der Waals surface area contributed by atoms with Gasteiger partial charge >= 0.3 is 0 Å². The average molecular weight is 256 g/mol. The molecule has 0 saturated carbocycles. The third-order valence-electron chi connectivity index (χ3n) is 2.36. The van der Waals surface area contributed by atoms with Gasteiger partial charge < -0.3 is 9.64 Å². The van der Waals surface area contributed by atoms with Gasteiger partial charge in [-0.2, -0.15) is 0 Å². The lowest BCUT2D eigenvalue weighted by molar-refractivity contribution is 0.112. The number of anilines is 1. The fourth-order valence-corrected chi connectivity index (χ4v) is 2.60. The molecule has 5 heteroatoms. The summed E-state index contributed by atoms with van der Waals surface area (Å²) in [5.74, 6) is 0. The second-order valence-corrected chi connectivity index (χ2v) is 4.85. The Kier molecular flexibility index (Phi) is 6.15. The van der Waals surface area contributed by atoms with E-state index in [4.69, 9.17) is 4.74 Å². The molecule has 0 atom stereocenters. The van der Waals surface area contributed by atoms with E-state index in [2.05, 4.69) is 23.7 Å². The topological polar surface area (TPSA) is 42.4 Å². The molecule has 17 heavy (non-hydrogen) atoms. The van der Waals surface area contributed by atoms with Gasteiger partial charge in [-0.1, -0.05) is 25.2 Å². The molecule has 0 unspecified atom stereocenters. The Hall–Kier alpha value is -0.940. The smallest absolute Gasteiger partial charge is 0.186 e. The van der Waals surface area contributed by atoms with Gasteiger partial charge in [0.15, 0.2) is 11.4 Å². The number of aromatic nitrogens is 1. The van der Waals surface area contributed by atoms with Crippen molar-refractivity contribution >= 4 is 22.8 Å². The van der Waals surface area contributed by atoms with Crippen LogP contribution in [-0.4, -0.2) is 31.5 Å². The van der Waals surface area contributed by atoms with Crippen LogP contribution in [0.5, 0.6) is 0 Å². The van der Waals surface area contributed by atoms with Crippen LogP contribution in [0.3, 0.4) is 0 Å². The van der Waals surface area contributed by atoms with Gasteiger partial charge in [-0.05, 0) is 12.8 Å². The van der Waals surface area contributed by atoms with Crippen molar-refractivity contribution in [1.82, 2.24) is 4.98 Å². The Morgan fingerprint density at radius 1 is 1.35 bits per heavy atom. The number of aldehydes is 1. The Morgan fingerprint density at radius 2 is 2.00 bits per heavy atom. The second kappa shape index (κ2) is 7.40. The average Bonchev–Trinajstić information content (AvgIpc) is 2.72. The molecule has 0 aliphatic carbocycles. The summed E-state index contributed by atoms with van der Waals surface area (Å²) < 4.78 is 5.05. The van der Waals surface area contributed by atoms with Crippen LogP contribution in [0, 0.1) is 0 Å². The highest BCUT2D eigenvalue weighted by molar-refractivity contribution is 7.17. The van der Waals surface area contributed by atoms with Crippen LogP contribution in [0.1, 0.15) is 42.1 Å². The Labute approximate surface area is 107 Å². The van der Waals surface area contributed by atoms with Crippen molar-refractivity contribution in [3.63, 3.8) is 0 Å². The van der Waals surface area contributed by atoms with E-state index in [9.17, 15) is 4.79 Å². The maximum Gasteiger partial charge on any atom is 0.186 e. The number of ether oxygens (including phenoxy) is 1. The first-order valence-electron chi connectivity index (χ1n) is 5.95. The Balaban J connectivity index is 2.90. The second-order valence-electron chi connectivity index (χ2n) is 3.85. The molecular weight excluding hydrogens is 236 g/mol. The van der Waals surface area contributed by atoms with Crippen molar-refractivity contribution in [2.24, 2.45) is 0 Å². The number of hydrogen-bond donors (Lipinski definition) is 0. The van der Waals surface area contributed by atoms with Crippen LogP contribution in [0.2, 0.25) is 0 Å². The molecule has 0 bridgehead atoms. The minimum atomic E-state index is 0.399. The van der Waals surface area contributed by atoms with Crippen molar-refractivity contribution in [1.29, 1.82) is 0 Å². The molecule has 0 saturated heterocycles. The molecule has 0 radical (unpaired) electrons. The molecule has 4 nitrogen and oxygen atoms in total. The van der Waals surface area contributed by atoms with Crippen LogP contribution >= 0.6 is 11.3 Å². The van der Waals surface area contributed by atoms with Crippen LogP contribution in [0.4, 0.5) is 5.13 Å². The number of carbonyl (C=O) groups is 1. The van der Waals surface area contributed by atoms with Gasteiger partial charge in [0.25, 0.3) is 0 Å². The molecular formula is C12H20N2O2S. The quantitative estimate of drug-likeness (QED) is 0.671. The summed E-state index contributed by atoms with van der Waals surface area (Å²) in [6.45, 7) is 6.65. The summed E-state index contributed by atoms with van der Waals surface area (Å²) in [6, 6.07) is 0. The number of carbonyl (C=O) groups excluding carboxylic acids is 1. The Morgan fingerprint density at radius 3 is 2.47 bits per heavy atom. The first kappa shape index (κ1) is 14.1. The summed E-state index contributed by atoms with van der Waals surface area (Å²) in [5.41, 5.74) is 0.750. The molecule has 1 rings (SSSR count). The van der Waals surface area contributed by atoms with Gasteiger partial charge in [0.2, 0.25) is 0 Å². The van der Waals surface area contributed by atoms with Crippen molar-refractivity contribution in [2.45, 2.75) is 33.3 Å². The molecule has 0 aromatic carbocycles. The normalized spacial score (nSPS) is 10.5. The molecule has 0 spiro atoms. The molecule has 0 aliphatic heterocycles. The number of hydrogen-bond acceptors (Lipinski definition) is 5. The van der Waals surface area contributed by atoms with E-state index in [1.54, 1.807) is 7.11 Å². The minimum Gasteiger partial charge on any atom is -0.378 e. The Bertz CT molecular complexity index is 346. The van der Waals surface area contributed by atoms with Gasteiger partial charge in [-0.25, -0.2) is 4.98 Å². The van der Waals surface area contributed by atoms with Crippen molar-refractivity contribution < 1.29 is 9.53 Å². The van der Waals surface area contributed by atoms with E-state index in [0.717, 1.165) is 43.0 Å². The number of methoxy groups -OCH3 is 1. The lowest BCUT2D eigenvalue weighted by Crippen LogP contribution is -2.24. The van der Waals surface area contributed by atoms with Crippen LogP contribution in [-0.2, 0) is 11.3 Å². The lowest BCUT2D eigenvalue weighted by atomic mass is 10.4. The van der Waals surface area contributed by atoms with Gasteiger partial charge in [-0.3, -0.25) is 4.79 Å². The number of thiazole rings is 1. The molecule has 0 N–H and O–H groups in total. The van der Waals surface area contributed by atoms with Gasteiger partial charge in [0, 0.05) is 20.2 Å². The molecule has 0 amide bonds. The maximum absolute atomic E-state index is 11.0. The summed E-state index contributed by atoms with van der Waals surface area (Å²) in [4.78, 5) is 18.4.